The van der Waals surface area contributed by atoms with Gasteiger partial charge in [0.2, 0.25) is 0 Å². The zero-order valence-electron chi connectivity index (χ0n) is 9.89. The van der Waals surface area contributed by atoms with Crippen LogP contribution in [0.3, 0.4) is 0 Å². The third-order valence-electron chi connectivity index (χ3n) is 2.35. The summed E-state index contributed by atoms with van der Waals surface area (Å²) in [6.45, 7) is 0.135. The molecule has 0 bridgehead atoms. The summed E-state index contributed by atoms with van der Waals surface area (Å²) in [6, 6.07) is 4.56. The molecular formula is C12H8Cl2N2O3S. The van der Waals surface area contributed by atoms with Gasteiger partial charge < -0.3 is 10.4 Å². The summed E-state index contributed by atoms with van der Waals surface area (Å²) < 4.78 is 0. The largest absolute Gasteiger partial charge is 0.476 e. The molecule has 0 saturated heterocycles. The minimum Gasteiger partial charge on any atom is -0.476 e. The van der Waals surface area contributed by atoms with E-state index in [1.54, 1.807) is 6.07 Å². The van der Waals surface area contributed by atoms with Crippen LogP contribution in [-0.4, -0.2) is 22.0 Å². The van der Waals surface area contributed by atoms with Gasteiger partial charge in [-0.1, -0.05) is 23.2 Å². The highest BCUT2D eigenvalue weighted by molar-refractivity contribution is 7.09. The fraction of sp³-hybridized carbons (Fsp3) is 0.0833. The third kappa shape index (κ3) is 3.47. The number of thiazole rings is 1. The molecule has 0 aliphatic heterocycles. The van der Waals surface area contributed by atoms with E-state index in [1.807, 2.05) is 0 Å². The average molecular weight is 331 g/mol. The van der Waals surface area contributed by atoms with Gasteiger partial charge in [0.05, 0.1) is 17.1 Å². The smallest absolute Gasteiger partial charge is 0.355 e. The first-order chi connectivity index (χ1) is 9.47. The summed E-state index contributed by atoms with van der Waals surface area (Å²) in [5, 5.41) is 14.0. The molecule has 0 aliphatic carbocycles. The molecule has 0 unspecified atom stereocenters. The van der Waals surface area contributed by atoms with Crippen LogP contribution < -0.4 is 5.32 Å². The molecule has 104 valence electrons. The second-order valence-corrected chi connectivity index (χ2v) is 5.52. The molecule has 2 rings (SSSR count). The predicted octanol–water partition coefficient (Wildman–Crippen LogP) is 3.08. The zero-order chi connectivity index (χ0) is 14.7. The highest BCUT2D eigenvalue weighted by Crippen LogP contribution is 2.21. The first kappa shape index (κ1) is 14.8. The molecule has 0 spiro atoms. The van der Waals surface area contributed by atoms with E-state index in [1.165, 1.54) is 17.5 Å². The van der Waals surface area contributed by atoms with Crippen LogP contribution in [0, 0.1) is 0 Å². The molecule has 2 N–H and O–H groups in total. The van der Waals surface area contributed by atoms with Crippen LogP contribution in [0.5, 0.6) is 0 Å². The number of halogens is 2. The molecule has 1 amide bonds. The summed E-state index contributed by atoms with van der Waals surface area (Å²) in [6.07, 6.45) is 0. The van der Waals surface area contributed by atoms with Gasteiger partial charge in [0.1, 0.15) is 5.01 Å². The maximum absolute atomic E-state index is 11.9. The normalized spacial score (nSPS) is 10.3. The Morgan fingerprint density at radius 3 is 2.70 bits per heavy atom. The molecule has 0 atom stereocenters. The van der Waals surface area contributed by atoms with Gasteiger partial charge in [-0.25, -0.2) is 9.78 Å². The lowest BCUT2D eigenvalue weighted by Gasteiger charge is -2.05. The van der Waals surface area contributed by atoms with E-state index in [2.05, 4.69) is 10.3 Å². The Labute approximate surface area is 128 Å². The summed E-state index contributed by atoms with van der Waals surface area (Å²) in [4.78, 5) is 26.5. The van der Waals surface area contributed by atoms with E-state index in [9.17, 15) is 9.59 Å². The van der Waals surface area contributed by atoms with Crippen LogP contribution in [0.25, 0.3) is 0 Å². The molecule has 1 aromatic heterocycles. The Morgan fingerprint density at radius 2 is 2.10 bits per heavy atom. The van der Waals surface area contributed by atoms with E-state index in [4.69, 9.17) is 28.3 Å². The first-order valence-corrected chi connectivity index (χ1v) is 7.02. The number of carboxylic acids is 1. The molecule has 0 fully saturated rings. The average Bonchev–Trinajstić information content (AvgIpc) is 2.85. The fourth-order valence-electron chi connectivity index (χ4n) is 1.42. The first-order valence-electron chi connectivity index (χ1n) is 5.38. The molecule has 20 heavy (non-hydrogen) atoms. The summed E-state index contributed by atoms with van der Waals surface area (Å²) in [5.41, 5.74) is 0.259. The minimum atomic E-state index is -1.10. The highest BCUT2D eigenvalue weighted by atomic mass is 35.5. The molecule has 1 aromatic carbocycles. The summed E-state index contributed by atoms with van der Waals surface area (Å²) in [7, 11) is 0. The number of nitrogens with one attached hydrogen (secondary N) is 1. The van der Waals surface area contributed by atoms with Crippen LogP contribution in [-0.2, 0) is 6.54 Å². The molecule has 0 saturated carbocycles. The molecule has 2 aromatic rings. The van der Waals surface area contributed by atoms with Crippen molar-refractivity contribution in [3.8, 4) is 0 Å². The number of carbonyl (C=O) groups is 2. The van der Waals surface area contributed by atoms with Crippen molar-refractivity contribution in [2.45, 2.75) is 6.54 Å². The van der Waals surface area contributed by atoms with E-state index in [0.29, 0.717) is 15.6 Å². The molecule has 1 heterocycles. The maximum Gasteiger partial charge on any atom is 0.355 e. The number of benzene rings is 1. The summed E-state index contributed by atoms with van der Waals surface area (Å²) >= 11 is 12.8. The number of aromatic nitrogens is 1. The molecule has 0 aliphatic rings. The topological polar surface area (TPSA) is 79.3 Å². The van der Waals surface area contributed by atoms with Crippen molar-refractivity contribution in [2.75, 3.05) is 0 Å². The van der Waals surface area contributed by atoms with Crippen molar-refractivity contribution < 1.29 is 14.7 Å². The van der Waals surface area contributed by atoms with Crippen LogP contribution in [0.4, 0.5) is 0 Å². The van der Waals surface area contributed by atoms with Crippen molar-refractivity contribution in [3.63, 3.8) is 0 Å². The zero-order valence-corrected chi connectivity index (χ0v) is 12.2. The number of rotatable bonds is 4. The standard InChI is InChI=1S/C12H8Cl2N2O3S/c13-6-1-2-7(8(14)3-6)11(17)15-4-10-16-9(5-20-10)12(18)19/h1-3,5H,4H2,(H,15,17)(H,18,19). The molecule has 8 heteroatoms. The van der Waals surface area contributed by atoms with Crippen molar-refractivity contribution >= 4 is 46.4 Å². The fourth-order valence-corrected chi connectivity index (χ4v) is 2.62. The molecule has 5 nitrogen and oxygen atoms in total. The lowest BCUT2D eigenvalue weighted by molar-refractivity contribution is 0.0691. The van der Waals surface area contributed by atoms with Crippen molar-refractivity contribution in [1.82, 2.24) is 10.3 Å². The van der Waals surface area contributed by atoms with E-state index < -0.39 is 5.97 Å². The quantitative estimate of drug-likeness (QED) is 0.902. The van der Waals surface area contributed by atoms with Crippen LogP contribution in [0.1, 0.15) is 25.9 Å². The lowest BCUT2D eigenvalue weighted by atomic mass is 10.2. The van der Waals surface area contributed by atoms with Crippen molar-refractivity contribution in [2.24, 2.45) is 0 Å². The maximum atomic E-state index is 11.9. The van der Waals surface area contributed by atoms with Crippen LogP contribution in [0.15, 0.2) is 23.6 Å². The minimum absolute atomic E-state index is 0.0382. The number of amides is 1. The van der Waals surface area contributed by atoms with E-state index >= 15 is 0 Å². The Hall–Kier alpha value is -1.63. The predicted molar refractivity (Wildman–Crippen MR) is 76.7 cm³/mol. The molecular weight excluding hydrogens is 323 g/mol. The number of aromatic carboxylic acids is 1. The van der Waals surface area contributed by atoms with Crippen LogP contribution >= 0.6 is 34.5 Å². The molecule has 0 radical (unpaired) electrons. The van der Waals surface area contributed by atoms with Gasteiger partial charge in [0.15, 0.2) is 5.69 Å². The second kappa shape index (κ2) is 6.21. The van der Waals surface area contributed by atoms with Gasteiger partial charge in [-0.05, 0) is 18.2 Å². The van der Waals surface area contributed by atoms with Gasteiger partial charge >= 0.3 is 5.97 Å². The Morgan fingerprint density at radius 1 is 1.35 bits per heavy atom. The van der Waals surface area contributed by atoms with Crippen molar-refractivity contribution in [1.29, 1.82) is 0 Å². The van der Waals surface area contributed by atoms with Crippen molar-refractivity contribution in [3.05, 3.63) is 49.9 Å². The van der Waals surface area contributed by atoms with Gasteiger partial charge in [0.25, 0.3) is 5.91 Å². The van der Waals surface area contributed by atoms with E-state index in [0.717, 1.165) is 11.3 Å². The van der Waals surface area contributed by atoms with E-state index in [-0.39, 0.29) is 23.2 Å². The van der Waals surface area contributed by atoms with Crippen LogP contribution in [0.2, 0.25) is 10.0 Å². The van der Waals surface area contributed by atoms with Gasteiger partial charge in [-0.2, -0.15) is 0 Å². The number of carboxylic acid groups (broad SMARTS) is 1. The number of carbonyl (C=O) groups excluding carboxylic acids is 1. The second-order valence-electron chi connectivity index (χ2n) is 3.74. The van der Waals surface area contributed by atoms with Gasteiger partial charge in [0, 0.05) is 10.4 Å². The number of hydrogen-bond donors (Lipinski definition) is 2. The van der Waals surface area contributed by atoms with Gasteiger partial charge in [-0.15, -0.1) is 11.3 Å². The Bertz CT molecular complexity index is 672. The summed E-state index contributed by atoms with van der Waals surface area (Å²) in [5.74, 6) is -1.47. The number of nitrogens with zero attached hydrogens (tertiary/aromatic N) is 1. The van der Waals surface area contributed by atoms with Gasteiger partial charge in [-0.3, -0.25) is 4.79 Å². The Kier molecular flexibility index (Phi) is 4.59. The Balaban J connectivity index is 2.02. The third-order valence-corrected chi connectivity index (χ3v) is 3.74. The monoisotopic (exact) mass is 330 g/mol. The SMILES string of the molecule is O=C(O)c1csc(CNC(=O)c2ccc(Cl)cc2Cl)n1. The number of hydrogen-bond acceptors (Lipinski definition) is 4. The highest BCUT2D eigenvalue weighted by Gasteiger charge is 2.12. The lowest BCUT2D eigenvalue weighted by Crippen LogP contribution is -2.23.